The minimum absolute atomic E-state index is 0.145. The van der Waals surface area contributed by atoms with E-state index in [1.807, 2.05) is 6.07 Å². The standard InChI is InChI=1S/C12H13NO3/c1-2-16-8-11-10(9-6-7-9)4-3-5-12(11)13(14)15/h2-5,9H,1,6-8H2. The van der Waals surface area contributed by atoms with Gasteiger partial charge < -0.3 is 4.74 Å². The van der Waals surface area contributed by atoms with Crippen LogP contribution in [-0.2, 0) is 11.3 Å². The quantitative estimate of drug-likeness (QED) is 0.434. The Morgan fingerprint density at radius 2 is 2.31 bits per heavy atom. The summed E-state index contributed by atoms with van der Waals surface area (Å²) in [7, 11) is 0. The van der Waals surface area contributed by atoms with E-state index in [1.54, 1.807) is 6.07 Å². The van der Waals surface area contributed by atoms with Gasteiger partial charge in [-0.05, 0) is 24.3 Å². The smallest absolute Gasteiger partial charge is 0.276 e. The maximum atomic E-state index is 10.9. The molecule has 1 saturated carbocycles. The minimum Gasteiger partial charge on any atom is -0.497 e. The highest BCUT2D eigenvalue weighted by molar-refractivity contribution is 5.47. The summed E-state index contributed by atoms with van der Waals surface area (Å²) in [6.45, 7) is 3.68. The molecule has 0 N–H and O–H groups in total. The van der Waals surface area contributed by atoms with Crippen LogP contribution in [0.1, 0.15) is 29.9 Å². The average Bonchev–Trinajstić information content (AvgIpc) is 3.09. The fourth-order valence-corrected chi connectivity index (χ4v) is 1.84. The molecule has 4 heteroatoms. The van der Waals surface area contributed by atoms with Gasteiger partial charge in [-0.25, -0.2) is 0 Å². The molecule has 0 heterocycles. The predicted molar refractivity (Wildman–Crippen MR) is 60.1 cm³/mol. The first kappa shape index (κ1) is 10.7. The minimum atomic E-state index is -0.354. The lowest BCUT2D eigenvalue weighted by Crippen LogP contribution is -2.00. The molecule has 2 rings (SSSR count). The largest absolute Gasteiger partial charge is 0.497 e. The van der Waals surface area contributed by atoms with E-state index >= 15 is 0 Å². The molecular formula is C12H13NO3. The highest BCUT2D eigenvalue weighted by atomic mass is 16.6. The Bertz CT molecular complexity index is 424. The molecule has 0 saturated heterocycles. The molecule has 0 unspecified atom stereocenters. The molecule has 1 fully saturated rings. The van der Waals surface area contributed by atoms with Crippen LogP contribution in [0.15, 0.2) is 31.0 Å². The van der Waals surface area contributed by atoms with Gasteiger partial charge >= 0.3 is 0 Å². The fourth-order valence-electron chi connectivity index (χ4n) is 1.84. The zero-order valence-corrected chi connectivity index (χ0v) is 8.89. The molecule has 0 aromatic heterocycles. The first-order valence-electron chi connectivity index (χ1n) is 5.22. The van der Waals surface area contributed by atoms with Crippen molar-refractivity contribution in [2.45, 2.75) is 25.4 Å². The number of hydrogen-bond acceptors (Lipinski definition) is 3. The van der Waals surface area contributed by atoms with Crippen molar-refractivity contribution in [3.8, 4) is 0 Å². The Balaban J connectivity index is 2.39. The normalized spacial score (nSPS) is 14.5. The van der Waals surface area contributed by atoms with Gasteiger partial charge in [-0.1, -0.05) is 18.7 Å². The van der Waals surface area contributed by atoms with E-state index in [9.17, 15) is 10.1 Å². The van der Waals surface area contributed by atoms with Crippen LogP contribution < -0.4 is 0 Å². The van der Waals surface area contributed by atoms with E-state index in [0.717, 1.165) is 18.4 Å². The molecule has 0 bridgehead atoms. The summed E-state index contributed by atoms with van der Waals surface area (Å²) >= 11 is 0. The van der Waals surface area contributed by atoms with E-state index < -0.39 is 0 Å². The maximum Gasteiger partial charge on any atom is 0.276 e. The van der Waals surface area contributed by atoms with Gasteiger partial charge in [-0.15, -0.1) is 0 Å². The van der Waals surface area contributed by atoms with Gasteiger partial charge in [0.15, 0.2) is 0 Å². The first-order chi connectivity index (χ1) is 7.74. The lowest BCUT2D eigenvalue weighted by Gasteiger charge is -2.08. The molecule has 0 amide bonds. The molecule has 1 aromatic carbocycles. The van der Waals surface area contributed by atoms with Gasteiger partial charge in [-0.3, -0.25) is 10.1 Å². The molecule has 1 aromatic rings. The third-order valence-electron chi connectivity index (χ3n) is 2.75. The molecule has 1 aliphatic carbocycles. The van der Waals surface area contributed by atoms with Crippen LogP contribution in [0.25, 0.3) is 0 Å². The summed E-state index contributed by atoms with van der Waals surface area (Å²) < 4.78 is 5.09. The van der Waals surface area contributed by atoms with Crippen LogP contribution in [0.2, 0.25) is 0 Å². The first-order valence-corrected chi connectivity index (χ1v) is 5.22. The van der Waals surface area contributed by atoms with Gasteiger partial charge in [0.25, 0.3) is 5.69 Å². The topological polar surface area (TPSA) is 52.4 Å². The second-order valence-corrected chi connectivity index (χ2v) is 3.85. The SMILES string of the molecule is C=COCc1c(C2CC2)cccc1[N+](=O)[O-]. The molecule has 0 spiro atoms. The zero-order valence-electron chi connectivity index (χ0n) is 8.89. The molecule has 0 aliphatic heterocycles. The van der Waals surface area contributed by atoms with E-state index in [0.29, 0.717) is 11.5 Å². The second-order valence-electron chi connectivity index (χ2n) is 3.85. The summed E-state index contributed by atoms with van der Waals surface area (Å²) in [6.07, 6.45) is 3.54. The van der Waals surface area contributed by atoms with Crippen LogP contribution in [0, 0.1) is 10.1 Å². The summed E-state index contributed by atoms with van der Waals surface area (Å²) in [6, 6.07) is 5.21. The number of benzene rings is 1. The van der Waals surface area contributed by atoms with Crippen molar-refractivity contribution in [3.63, 3.8) is 0 Å². The van der Waals surface area contributed by atoms with Crippen molar-refractivity contribution in [1.82, 2.24) is 0 Å². The van der Waals surface area contributed by atoms with Gasteiger partial charge in [-0.2, -0.15) is 0 Å². The van der Waals surface area contributed by atoms with Gasteiger partial charge in [0.05, 0.1) is 16.7 Å². The van der Waals surface area contributed by atoms with Gasteiger partial charge in [0.2, 0.25) is 0 Å². The average molecular weight is 219 g/mol. The number of ether oxygens (including phenoxy) is 1. The third-order valence-corrected chi connectivity index (χ3v) is 2.75. The van der Waals surface area contributed by atoms with Crippen molar-refractivity contribution in [2.75, 3.05) is 0 Å². The number of nitro groups is 1. The number of hydrogen-bond donors (Lipinski definition) is 0. The van der Waals surface area contributed by atoms with E-state index in [-0.39, 0.29) is 17.2 Å². The Labute approximate surface area is 93.7 Å². The molecule has 1 aliphatic rings. The fraction of sp³-hybridized carbons (Fsp3) is 0.333. The summed E-state index contributed by atoms with van der Waals surface area (Å²) in [5.41, 5.74) is 1.89. The van der Waals surface area contributed by atoms with Crippen LogP contribution in [-0.4, -0.2) is 4.92 Å². The number of rotatable bonds is 5. The Morgan fingerprint density at radius 3 is 2.88 bits per heavy atom. The summed E-state index contributed by atoms with van der Waals surface area (Å²) in [5, 5.41) is 10.9. The third kappa shape index (κ3) is 2.05. The van der Waals surface area contributed by atoms with Gasteiger partial charge in [0.1, 0.15) is 6.61 Å². The van der Waals surface area contributed by atoms with E-state index in [2.05, 4.69) is 6.58 Å². The van der Waals surface area contributed by atoms with Crippen LogP contribution in [0.4, 0.5) is 5.69 Å². The van der Waals surface area contributed by atoms with Crippen molar-refractivity contribution in [2.24, 2.45) is 0 Å². The number of nitrogens with zero attached hydrogens (tertiary/aromatic N) is 1. The van der Waals surface area contributed by atoms with E-state index in [4.69, 9.17) is 4.74 Å². The van der Waals surface area contributed by atoms with Crippen molar-refractivity contribution >= 4 is 5.69 Å². The summed E-state index contributed by atoms with van der Waals surface area (Å²) in [4.78, 5) is 10.6. The Hall–Kier alpha value is -1.84. The highest BCUT2D eigenvalue weighted by Gasteiger charge is 2.29. The highest BCUT2D eigenvalue weighted by Crippen LogP contribution is 2.43. The maximum absolute atomic E-state index is 10.9. The molecule has 0 radical (unpaired) electrons. The second kappa shape index (κ2) is 4.35. The Kier molecular flexibility index (Phi) is 2.90. The zero-order chi connectivity index (χ0) is 11.5. The lowest BCUT2D eigenvalue weighted by molar-refractivity contribution is -0.385. The molecule has 4 nitrogen and oxygen atoms in total. The van der Waals surface area contributed by atoms with Crippen molar-refractivity contribution in [1.29, 1.82) is 0 Å². The van der Waals surface area contributed by atoms with Crippen LogP contribution in [0.3, 0.4) is 0 Å². The van der Waals surface area contributed by atoms with Crippen molar-refractivity contribution in [3.05, 3.63) is 52.3 Å². The molecule has 84 valence electrons. The number of nitro benzene ring substituents is 1. The van der Waals surface area contributed by atoms with E-state index in [1.165, 1.54) is 12.3 Å². The van der Waals surface area contributed by atoms with Crippen LogP contribution >= 0.6 is 0 Å². The molecule has 16 heavy (non-hydrogen) atoms. The van der Waals surface area contributed by atoms with Crippen LogP contribution in [0.5, 0.6) is 0 Å². The molecule has 0 atom stereocenters. The van der Waals surface area contributed by atoms with Crippen molar-refractivity contribution < 1.29 is 9.66 Å². The predicted octanol–water partition coefficient (Wildman–Crippen LogP) is 3.13. The lowest BCUT2D eigenvalue weighted by atomic mass is 10.0. The molecular weight excluding hydrogens is 206 g/mol. The summed E-state index contributed by atoms with van der Waals surface area (Å²) in [5.74, 6) is 0.475. The van der Waals surface area contributed by atoms with Gasteiger partial charge in [0, 0.05) is 6.07 Å². The monoisotopic (exact) mass is 219 g/mol. The Morgan fingerprint density at radius 1 is 1.56 bits per heavy atom.